The molecule has 20 heavy (non-hydrogen) atoms. The molecule has 0 heterocycles. The first-order valence-electron chi connectivity index (χ1n) is 6.92. The van der Waals surface area contributed by atoms with E-state index in [2.05, 4.69) is 92.8 Å². The van der Waals surface area contributed by atoms with E-state index in [9.17, 15) is 0 Å². The molecule has 0 aromatic heterocycles. The lowest BCUT2D eigenvalue weighted by Gasteiger charge is -2.21. The summed E-state index contributed by atoms with van der Waals surface area (Å²) in [5, 5.41) is 0. The van der Waals surface area contributed by atoms with Crippen molar-refractivity contribution >= 4 is 22.6 Å². The summed E-state index contributed by atoms with van der Waals surface area (Å²) < 4.78 is 1.26. The van der Waals surface area contributed by atoms with Gasteiger partial charge in [0.15, 0.2) is 0 Å². The van der Waals surface area contributed by atoms with Gasteiger partial charge in [0.2, 0.25) is 0 Å². The van der Waals surface area contributed by atoms with Crippen molar-refractivity contribution in [1.29, 1.82) is 0 Å². The Bertz CT molecular complexity index is 594. The molecule has 1 atom stereocenters. The predicted molar refractivity (Wildman–Crippen MR) is 95.1 cm³/mol. The predicted octanol–water partition coefficient (Wildman–Crippen LogP) is 4.95. The second-order valence-corrected chi connectivity index (χ2v) is 7.41. The van der Waals surface area contributed by atoms with Gasteiger partial charge in [-0.1, -0.05) is 63.2 Å². The van der Waals surface area contributed by atoms with Crippen LogP contribution in [0.3, 0.4) is 0 Å². The van der Waals surface area contributed by atoms with E-state index in [1.54, 1.807) is 0 Å². The molecule has 0 aliphatic rings. The molecular formula is C18H22IN. The quantitative estimate of drug-likeness (QED) is 0.735. The topological polar surface area (TPSA) is 26.0 Å². The van der Waals surface area contributed by atoms with Crippen LogP contribution in [0.25, 0.3) is 0 Å². The standard InChI is InChI=1S/C18H22IN/c1-12-6-5-7-15(16(12)19)17(20)13-8-10-14(11-9-13)18(2,3)4/h5-11,17H,20H2,1-4H3. The average molecular weight is 379 g/mol. The Balaban J connectivity index is 2.34. The smallest absolute Gasteiger partial charge is 0.0562 e. The van der Waals surface area contributed by atoms with Crippen molar-refractivity contribution in [3.05, 3.63) is 68.3 Å². The summed E-state index contributed by atoms with van der Waals surface area (Å²) in [6.07, 6.45) is 0. The number of hydrogen-bond donors (Lipinski definition) is 1. The Kier molecular flexibility index (Phi) is 4.55. The largest absolute Gasteiger partial charge is 0.320 e. The van der Waals surface area contributed by atoms with E-state index in [0.29, 0.717) is 0 Å². The van der Waals surface area contributed by atoms with E-state index in [1.165, 1.54) is 25.8 Å². The molecule has 0 amide bonds. The van der Waals surface area contributed by atoms with Crippen molar-refractivity contribution in [2.24, 2.45) is 5.73 Å². The van der Waals surface area contributed by atoms with Crippen LogP contribution >= 0.6 is 22.6 Å². The van der Waals surface area contributed by atoms with Gasteiger partial charge >= 0.3 is 0 Å². The summed E-state index contributed by atoms with van der Waals surface area (Å²) in [5.74, 6) is 0. The summed E-state index contributed by atoms with van der Waals surface area (Å²) in [6.45, 7) is 8.81. The minimum absolute atomic E-state index is 0.0594. The van der Waals surface area contributed by atoms with Gasteiger partial charge in [-0.3, -0.25) is 0 Å². The van der Waals surface area contributed by atoms with E-state index in [1.807, 2.05) is 0 Å². The fourth-order valence-corrected chi connectivity index (χ4v) is 2.98. The van der Waals surface area contributed by atoms with Gasteiger partial charge in [-0.2, -0.15) is 0 Å². The zero-order valence-corrected chi connectivity index (χ0v) is 14.7. The molecule has 1 nitrogen and oxygen atoms in total. The number of benzene rings is 2. The highest BCUT2D eigenvalue weighted by Gasteiger charge is 2.16. The van der Waals surface area contributed by atoms with Crippen LogP contribution in [0.5, 0.6) is 0 Å². The minimum Gasteiger partial charge on any atom is -0.320 e. The Morgan fingerprint density at radius 3 is 2.15 bits per heavy atom. The van der Waals surface area contributed by atoms with Crippen molar-refractivity contribution in [2.75, 3.05) is 0 Å². The van der Waals surface area contributed by atoms with Crippen LogP contribution in [0, 0.1) is 10.5 Å². The highest BCUT2D eigenvalue weighted by molar-refractivity contribution is 14.1. The average Bonchev–Trinajstić information content (AvgIpc) is 2.40. The maximum atomic E-state index is 6.44. The minimum atomic E-state index is -0.0594. The van der Waals surface area contributed by atoms with Crippen LogP contribution in [0.15, 0.2) is 42.5 Å². The lowest BCUT2D eigenvalue weighted by Crippen LogP contribution is -2.15. The lowest BCUT2D eigenvalue weighted by molar-refractivity contribution is 0.589. The van der Waals surface area contributed by atoms with Gasteiger partial charge in [0, 0.05) is 3.57 Å². The van der Waals surface area contributed by atoms with Crippen LogP contribution in [-0.2, 0) is 5.41 Å². The third-order valence-corrected chi connectivity index (χ3v) is 5.17. The van der Waals surface area contributed by atoms with Gasteiger partial charge in [0.05, 0.1) is 6.04 Å². The SMILES string of the molecule is Cc1cccc(C(N)c2ccc(C(C)(C)C)cc2)c1I. The van der Waals surface area contributed by atoms with Crippen LogP contribution in [0.1, 0.15) is 49.1 Å². The molecule has 0 spiro atoms. The van der Waals surface area contributed by atoms with Crippen molar-refractivity contribution in [3.8, 4) is 0 Å². The van der Waals surface area contributed by atoms with Crippen LogP contribution < -0.4 is 5.73 Å². The Morgan fingerprint density at radius 2 is 1.60 bits per heavy atom. The van der Waals surface area contributed by atoms with Gasteiger partial charge < -0.3 is 5.73 Å². The first-order valence-corrected chi connectivity index (χ1v) is 7.99. The zero-order valence-electron chi connectivity index (χ0n) is 12.6. The Hall–Kier alpha value is -0.870. The highest BCUT2D eigenvalue weighted by Crippen LogP contribution is 2.28. The number of nitrogens with two attached hydrogens (primary N) is 1. The van der Waals surface area contributed by atoms with E-state index in [-0.39, 0.29) is 11.5 Å². The number of halogens is 1. The Morgan fingerprint density at radius 1 is 1.00 bits per heavy atom. The normalized spacial score (nSPS) is 13.3. The third kappa shape index (κ3) is 3.23. The molecule has 106 valence electrons. The molecule has 0 saturated carbocycles. The summed E-state index contributed by atoms with van der Waals surface area (Å²) in [5.41, 5.74) is 11.6. The highest BCUT2D eigenvalue weighted by atomic mass is 127. The van der Waals surface area contributed by atoms with Gasteiger partial charge in [0.1, 0.15) is 0 Å². The van der Waals surface area contributed by atoms with Crippen molar-refractivity contribution < 1.29 is 0 Å². The summed E-state index contributed by atoms with van der Waals surface area (Å²) in [7, 11) is 0. The lowest BCUT2D eigenvalue weighted by atomic mass is 9.86. The summed E-state index contributed by atoms with van der Waals surface area (Å²) in [6, 6.07) is 15.0. The van der Waals surface area contributed by atoms with Gasteiger partial charge in [-0.25, -0.2) is 0 Å². The van der Waals surface area contributed by atoms with Crippen molar-refractivity contribution in [1.82, 2.24) is 0 Å². The molecule has 2 rings (SSSR count). The maximum Gasteiger partial charge on any atom is 0.0562 e. The van der Waals surface area contributed by atoms with E-state index < -0.39 is 0 Å². The van der Waals surface area contributed by atoms with Gasteiger partial charge in [-0.15, -0.1) is 0 Å². The molecular weight excluding hydrogens is 357 g/mol. The Labute approximate surface area is 135 Å². The fourth-order valence-electron chi connectivity index (χ4n) is 2.28. The molecule has 1 unspecified atom stereocenters. The van der Waals surface area contributed by atoms with E-state index in [4.69, 9.17) is 5.73 Å². The molecule has 0 aliphatic carbocycles. The molecule has 0 bridgehead atoms. The maximum absolute atomic E-state index is 6.44. The first kappa shape index (κ1) is 15.5. The fraction of sp³-hybridized carbons (Fsp3) is 0.333. The number of rotatable bonds is 2. The molecule has 0 fully saturated rings. The molecule has 2 aromatic rings. The zero-order chi connectivity index (χ0) is 14.9. The van der Waals surface area contributed by atoms with Crippen LogP contribution in [0.2, 0.25) is 0 Å². The molecule has 2 aromatic carbocycles. The van der Waals surface area contributed by atoms with Crippen LogP contribution in [-0.4, -0.2) is 0 Å². The summed E-state index contributed by atoms with van der Waals surface area (Å²) >= 11 is 2.39. The van der Waals surface area contributed by atoms with E-state index >= 15 is 0 Å². The monoisotopic (exact) mass is 379 g/mol. The second-order valence-electron chi connectivity index (χ2n) is 6.33. The molecule has 2 N–H and O–H groups in total. The van der Waals surface area contributed by atoms with Crippen molar-refractivity contribution in [2.45, 2.75) is 39.2 Å². The molecule has 0 radical (unpaired) electrons. The van der Waals surface area contributed by atoms with Crippen molar-refractivity contribution in [3.63, 3.8) is 0 Å². The van der Waals surface area contributed by atoms with Gasteiger partial charge in [0.25, 0.3) is 0 Å². The second kappa shape index (κ2) is 5.86. The number of hydrogen-bond acceptors (Lipinski definition) is 1. The first-order chi connectivity index (χ1) is 9.30. The third-order valence-electron chi connectivity index (χ3n) is 3.69. The van der Waals surface area contributed by atoms with E-state index in [0.717, 1.165) is 0 Å². The molecule has 0 saturated heterocycles. The summed E-state index contributed by atoms with van der Waals surface area (Å²) in [4.78, 5) is 0. The molecule has 0 aliphatic heterocycles. The van der Waals surface area contributed by atoms with Gasteiger partial charge in [-0.05, 0) is 57.2 Å². The molecule has 2 heteroatoms. The number of aryl methyl sites for hydroxylation is 1. The van der Waals surface area contributed by atoms with Crippen LogP contribution in [0.4, 0.5) is 0 Å².